The molecule has 0 saturated carbocycles. The third-order valence-corrected chi connectivity index (χ3v) is 5.93. The summed E-state index contributed by atoms with van der Waals surface area (Å²) in [7, 11) is 4.59. The molecule has 1 aliphatic heterocycles. The van der Waals surface area contributed by atoms with E-state index in [1.807, 2.05) is 4.90 Å². The van der Waals surface area contributed by atoms with Crippen LogP contribution in [0.15, 0.2) is 24.3 Å². The van der Waals surface area contributed by atoms with Gasteiger partial charge in [0.1, 0.15) is 11.6 Å². The highest BCUT2D eigenvalue weighted by atomic mass is 19.4. The van der Waals surface area contributed by atoms with Crippen LogP contribution in [0.25, 0.3) is 5.65 Å². The van der Waals surface area contributed by atoms with E-state index in [1.165, 1.54) is 27.4 Å². The third kappa shape index (κ3) is 5.03. The molecule has 4 rings (SSSR count). The van der Waals surface area contributed by atoms with E-state index in [0.29, 0.717) is 53.5 Å². The molecule has 0 atom stereocenters. The van der Waals surface area contributed by atoms with Gasteiger partial charge < -0.3 is 24.4 Å². The molecule has 13 heteroatoms. The molecule has 3 heterocycles. The van der Waals surface area contributed by atoms with E-state index >= 15 is 0 Å². The lowest BCUT2D eigenvalue weighted by Crippen LogP contribution is -2.40. The minimum atomic E-state index is -4.66. The third-order valence-electron chi connectivity index (χ3n) is 5.93. The number of benzene rings is 1. The highest BCUT2D eigenvalue weighted by Gasteiger charge is 2.38. The zero-order valence-electron chi connectivity index (χ0n) is 19.4. The van der Waals surface area contributed by atoms with E-state index in [9.17, 15) is 18.0 Å². The average Bonchev–Trinajstić information content (AvgIpc) is 3.30. The fourth-order valence-corrected chi connectivity index (χ4v) is 4.05. The Balaban J connectivity index is 1.38. The van der Waals surface area contributed by atoms with Gasteiger partial charge in [0, 0.05) is 37.2 Å². The summed E-state index contributed by atoms with van der Waals surface area (Å²) in [5.41, 5.74) is 0.753. The van der Waals surface area contributed by atoms with Crippen LogP contribution in [0, 0.1) is 5.92 Å². The number of amides is 1. The number of halogens is 3. The van der Waals surface area contributed by atoms with Crippen LogP contribution in [-0.2, 0) is 17.5 Å². The fourth-order valence-electron chi connectivity index (χ4n) is 4.05. The Morgan fingerprint density at radius 2 is 1.69 bits per heavy atom. The number of rotatable bonds is 7. The van der Waals surface area contributed by atoms with E-state index in [1.54, 1.807) is 18.2 Å². The van der Waals surface area contributed by atoms with Crippen molar-refractivity contribution in [3.63, 3.8) is 0 Å². The van der Waals surface area contributed by atoms with Crippen molar-refractivity contribution in [1.29, 1.82) is 0 Å². The summed E-state index contributed by atoms with van der Waals surface area (Å²) < 4.78 is 56.1. The van der Waals surface area contributed by atoms with Crippen molar-refractivity contribution >= 4 is 17.4 Å². The van der Waals surface area contributed by atoms with Gasteiger partial charge in [-0.3, -0.25) is 4.79 Å². The molecule has 1 N–H and O–H groups in total. The van der Waals surface area contributed by atoms with Gasteiger partial charge in [-0.2, -0.15) is 17.7 Å². The lowest BCUT2D eigenvalue weighted by molar-refractivity contribution is -0.146. The van der Waals surface area contributed by atoms with Crippen LogP contribution in [0.3, 0.4) is 0 Å². The van der Waals surface area contributed by atoms with Gasteiger partial charge in [0.25, 0.3) is 5.82 Å². The molecule has 1 saturated heterocycles. The Kier molecular flexibility index (Phi) is 6.85. The number of aromatic nitrogens is 4. The zero-order valence-corrected chi connectivity index (χ0v) is 19.4. The quantitative estimate of drug-likeness (QED) is 0.535. The number of hydrogen-bond acceptors (Lipinski definition) is 8. The van der Waals surface area contributed by atoms with Crippen molar-refractivity contribution in [3.05, 3.63) is 35.7 Å². The molecule has 0 unspecified atom stereocenters. The van der Waals surface area contributed by atoms with Gasteiger partial charge in [-0.1, -0.05) is 0 Å². The standard InChI is InChI=1S/C22H25F3N6O4/c1-33-15-11-17(35-3)16(34-2)10-14(15)12-26-20(32)13-6-8-30(9-7-13)19-5-4-18-27-28-21(22(23,24)25)31(18)29-19/h4-5,10-11,13H,6-9,12H2,1-3H3,(H,26,32). The van der Waals surface area contributed by atoms with Crippen LogP contribution in [0.2, 0.25) is 0 Å². The molecule has 35 heavy (non-hydrogen) atoms. The van der Waals surface area contributed by atoms with Crippen molar-refractivity contribution in [2.75, 3.05) is 39.3 Å². The van der Waals surface area contributed by atoms with Gasteiger partial charge in [0.05, 0.1) is 21.3 Å². The van der Waals surface area contributed by atoms with Crippen LogP contribution in [0.5, 0.6) is 17.2 Å². The number of fused-ring (bicyclic) bond motifs is 1. The Morgan fingerprint density at radius 3 is 2.31 bits per heavy atom. The Bertz CT molecular complexity index is 1210. The van der Waals surface area contributed by atoms with E-state index in [-0.39, 0.29) is 24.0 Å². The molecule has 0 radical (unpaired) electrons. The summed E-state index contributed by atoms with van der Waals surface area (Å²) in [6, 6.07) is 6.50. The molecule has 2 aromatic heterocycles. The first-order valence-corrected chi connectivity index (χ1v) is 10.9. The molecule has 1 amide bonds. The van der Waals surface area contributed by atoms with Crippen molar-refractivity contribution in [2.24, 2.45) is 5.92 Å². The number of piperidine rings is 1. The van der Waals surface area contributed by atoms with E-state index in [0.717, 1.165) is 5.56 Å². The highest BCUT2D eigenvalue weighted by molar-refractivity contribution is 5.79. The van der Waals surface area contributed by atoms with E-state index in [2.05, 4.69) is 20.6 Å². The lowest BCUT2D eigenvalue weighted by Gasteiger charge is -2.32. The number of carbonyl (C=O) groups excluding carboxylic acids is 1. The summed E-state index contributed by atoms with van der Waals surface area (Å²) in [5, 5.41) is 13.7. The van der Waals surface area contributed by atoms with Crippen LogP contribution in [-0.4, -0.2) is 60.1 Å². The lowest BCUT2D eigenvalue weighted by atomic mass is 9.96. The predicted octanol–water partition coefficient (Wildman–Crippen LogP) is 2.70. The van der Waals surface area contributed by atoms with Crippen molar-refractivity contribution in [2.45, 2.75) is 25.6 Å². The van der Waals surface area contributed by atoms with Gasteiger partial charge in [-0.05, 0) is 31.0 Å². The minimum Gasteiger partial charge on any atom is -0.496 e. The van der Waals surface area contributed by atoms with Crippen LogP contribution < -0.4 is 24.4 Å². The number of alkyl halides is 3. The van der Waals surface area contributed by atoms with Crippen LogP contribution in [0.1, 0.15) is 24.2 Å². The zero-order chi connectivity index (χ0) is 25.2. The number of carbonyl (C=O) groups is 1. The van der Waals surface area contributed by atoms with Gasteiger partial charge in [0.15, 0.2) is 17.1 Å². The number of anilines is 1. The first kappa shape index (κ1) is 24.4. The monoisotopic (exact) mass is 494 g/mol. The second-order valence-corrected chi connectivity index (χ2v) is 7.98. The van der Waals surface area contributed by atoms with Crippen molar-refractivity contribution in [1.82, 2.24) is 25.1 Å². The number of hydrogen-bond donors (Lipinski definition) is 1. The number of nitrogens with zero attached hydrogens (tertiary/aromatic N) is 5. The van der Waals surface area contributed by atoms with Gasteiger partial charge in [0.2, 0.25) is 5.91 Å². The van der Waals surface area contributed by atoms with E-state index in [4.69, 9.17) is 14.2 Å². The van der Waals surface area contributed by atoms with Gasteiger partial charge in [-0.15, -0.1) is 15.3 Å². The molecular weight excluding hydrogens is 469 g/mol. The summed E-state index contributed by atoms with van der Waals surface area (Å²) >= 11 is 0. The molecular formula is C22H25F3N6O4. The summed E-state index contributed by atoms with van der Waals surface area (Å²) in [5.74, 6) is 0.465. The average molecular weight is 494 g/mol. The molecule has 0 aliphatic carbocycles. The summed E-state index contributed by atoms with van der Waals surface area (Å²) in [6.45, 7) is 1.19. The van der Waals surface area contributed by atoms with Crippen LogP contribution >= 0.6 is 0 Å². The Labute approximate surface area is 199 Å². The fraction of sp³-hybridized carbons (Fsp3) is 0.455. The Hall–Kier alpha value is -3.77. The molecule has 3 aromatic rings. The first-order valence-electron chi connectivity index (χ1n) is 10.9. The van der Waals surface area contributed by atoms with Gasteiger partial charge in [-0.25, -0.2) is 0 Å². The molecule has 1 fully saturated rings. The second-order valence-electron chi connectivity index (χ2n) is 7.98. The molecule has 188 valence electrons. The maximum atomic E-state index is 13.1. The molecule has 1 aromatic carbocycles. The van der Waals surface area contributed by atoms with Crippen LogP contribution in [0.4, 0.5) is 19.0 Å². The maximum absolute atomic E-state index is 13.1. The first-order chi connectivity index (χ1) is 16.7. The summed E-state index contributed by atoms with van der Waals surface area (Å²) in [4.78, 5) is 14.6. The molecule has 0 spiro atoms. The molecule has 0 bridgehead atoms. The second kappa shape index (κ2) is 9.84. The smallest absolute Gasteiger partial charge is 0.453 e. The summed E-state index contributed by atoms with van der Waals surface area (Å²) in [6.07, 6.45) is -3.60. The Morgan fingerprint density at radius 1 is 1.03 bits per heavy atom. The van der Waals surface area contributed by atoms with E-state index < -0.39 is 12.0 Å². The minimum absolute atomic E-state index is 0.0147. The maximum Gasteiger partial charge on any atom is 0.453 e. The largest absolute Gasteiger partial charge is 0.496 e. The highest BCUT2D eigenvalue weighted by Crippen LogP contribution is 2.35. The number of methoxy groups -OCH3 is 3. The number of nitrogens with one attached hydrogen (secondary N) is 1. The van der Waals surface area contributed by atoms with Gasteiger partial charge >= 0.3 is 6.18 Å². The predicted molar refractivity (Wildman–Crippen MR) is 119 cm³/mol. The normalized spacial score (nSPS) is 14.7. The topological polar surface area (TPSA) is 103 Å². The number of ether oxygens (including phenoxy) is 3. The SMILES string of the molecule is COc1cc(OC)c(OC)cc1CNC(=O)C1CCN(c2ccc3nnc(C(F)(F)F)n3n2)CC1. The molecule has 10 nitrogen and oxygen atoms in total. The van der Waals surface area contributed by atoms with Crippen molar-refractivity contribution in [3.8, 4) is 17.2 Å². The van der Waals surface area contributed by atoms with Crippen molar-refractivity contribution < 1.29 is 32.2 Å². The molecule has 1 aliphatic rings.